The van der Waals surface area contributed by atoms with Crippen LogP contribution in [0.1, 0.15) is 24.2 Å². The molecule has 1 saturated heterocycles. The Bertz CT molecular complexity index is 851. The molecule has 164 valence electrons. The molecule has 9 nitrogen and oxygen atoms in total. The molecule has 3 heterocycles. The first-order valence-corrected chi connectivity index (χ1v) is 10.1. The number of nitrogens with zero attached hydrogens (tertiary/aromatic N) is 5. The van der Waals surface area contributed by atoms with Gasteiger partial charge < -0.3 is 24.2 Å². The average molecular weight is 528 g/mol. The van der Waals surface area contributed by atoms with Gasteiger partial charge in [-0.05, 0) is 31.5 Å². The summed E-state index contributed by atoms with van der Waals surface area (Å²) in [5, 5.41) is 7.22. The molecule has 0 spiro atoms. The first-order chi connectivity index (χ1) is 14.2. The van der Waals surface area contributed by atoms with Gasteiger partial charge in [-0.2, -0.15) is 4.98 Å². The Balaban J connectivity index is 0.00000256. The van der Waals surface area contributed by atoms with E-state index in [-0.39, 0.29) is 24.0 Å². The van der Waals surface area contributed by atoms with Crippen molar-refractivity contribution in [3.05, 3.63) is 35.5 Å². The maximum Gasteiger partial charge on any atom is 0.231 e. The number of nitrogens with one attached hydrogen (secondary N) is 1. The Kier molecular flexibility index (Phi) is 8.14. The highest BCUT2D eigenvalue weighted by molar-refractivity contribution is 14.0. The van der Waals surface area contributed by atoms with Crippen molar-refractivity contribution in [2.24, 2.45) is 4.99 Å². The van der Waals surface area contributed by atoms with Crippen LogP contribution in [0.2, 0.25) is 0 Å². The third kappa shape index (κ3) is 5.75. The fourth-order valence-electron chi connectivity index (χ4n) is 3.54. The van der Waals surface area contributed by atoms with Crippen LogP contribution in [0.4, 0.5) is 0 Å². The number of rotatable bonds is 6. The van der Waals surface area contributed by atoms with Crippen LogP contribution in [0, 0.1) is 6.92 Å². The number of fused-ring (bicyclic) bond motifs is 1. The minimum absolute atomic E-state index is 0. The van der Waals surface area contributed by atoms with Crippen LogP contribution in [0.5, 0.6) is 11.5 Å². The van der Waals surface area contributed by atoms with Crippen LogP contribution < -0.4 is 14.8 Å². The lowest BCUT2D eigenvalue weighted by Gasteiger charge is -2.36. The molecule has 1 fully saturated rings. The number of guanidine groups is 1. The summed E-state index contributed by atoms with van der Waals surface area (Å²) >= 11 is 0. The monoisotopic (exact) mass is 528 g/mol. The van der Waals surface area contributed by atoms with Crippen molar-refractivity contribution >= 4 is 29.9 Å². The third-order valence-corrected chi connectivity index (χ3v) is 5.01. The zero-order valence-electron chi connectivity index (χ0n) is 17.5. The minimum Gasteiger partial charge on any atom is -0.454 e. The predicted octanol–water partition coefficient (Wildman–Crippen LogP) is 2.05. The molecule has 1 aromatic carbocycles. The zero-order chi connectivity index (χ0) is 20.1. The summed E-state index contributed by atoms with van der Waals surface area (Å²) in [6, 6.07) is 6.19. The van der Waals surface area contributed by atoms with Gasteiger partial charge in [0.2, 0.25) is 12.7 Å². The van der Waals surface area contributed by atoms with E-state index in [0.29, 0.717) is 31.5 Å². The van der Waals surface area contributed by atoms with E-state index in [1.165, 1.54) is 5.56 Å². The van der Waals surface area contributed by atoms with Crippen molar-refractivity contribution < 1.29 is 14.0 Å². The molecule has 2 aliphatic rings. The number of ether oxygens (including phenoxy) is 2. The molecule has 0 radical (unpaired) electrons. The predicted molar refractivity (Wildman–Crippen MR) is 124 cm³/mol. The molecule has 10 heteroatoms. The number of hydrogen-bond donors (Lipinski definition) is 1. The Hall–Kier alpha value is -2.08. The molecule has 0 aliphatic carbocycles. The quantitative estimate of drug-likeness (QED) is 0.347. The highest BCUT2D eigenvalue weighted by Crippen LogP contribution is 2.32. The second-order valence-corrected chi connectivity index (χ2v) is 7.17. The molecule has 0 atom stereocenters. The van der Waals surface area contributed by atoms with Gasteiger partial charge in [-0.25, -0.2) is 0 Å². The largest absolute Gasteiger partial charge is 0.454 e. The zero-order valence-corrected chi connectivity index (χ0v) is 19.8. The van der Waals surface area contributed by atoms with Crippen molar-refractivity contribution in [1.82, 2.24) is 25.3 Å². The van der Waals surface area contributed by atoms with E-state index in [9.17, 15) is 0 Å². The Morgan fingerprint density at radius 2 is 1.97 bits per heavy atom. The van der Waals surface area contributed by atoms with Gasteiger partial charge in [0.25, 0.3) is 0 Å². The van der Waals surface area contributed by atoms with Crippen LogP contribution in [0.25, 0.3) is 0 Å². The topological polar surface area (TPSA) is 88.2 Å². The van der Waals surface area contributed by atoms with Crippen molar-refractivity contribution in [2.45, 2.75) is 26.8 Å². The minimum atomic E-state index is 0. The molecule has 1 N–H and O–H groups in total. The summed E-state index contributed by atoms with van der Waals surface area (Å²) in [5.74, 6) is 3.93. The highest BCUT2D eigenvalue weighted by Gasteiger charge is 2.21. The average Bonchev–Trinajstić information content (AvgIpc) is 3.36. The molecular formula is C20H29IN6O3. The van der Waals surface area contributed by atoms with Gasteiger partial charge in [0.1, 0.15) is 0 Å². The SMILES string of the molecule is CCNC(=NCCc1nc(C)no1)N1CCN(Cc2ccc3c(c2)OCO3)CC1.I. The molecule has 4 rings (SSSR count). The summed E-state index contributed by atoms with van der Waals surface area (Å²) in [6.45, 7) is 10.5. The number of benzene rings is 1. The molecule has 2 aliphatic heterocycles. The van der Waals surface area contributed by atoms with E-state index in [4.69, 9.17) is 19.0 Å². The molecule has 0 saturated carbocycles. The number of aliphatic imine (C=N–C) groups is 1. The number of aromatic nitrogens is 2. The summed E-state index contributed by atoms with van der Waals surface area (Å²) in [6.07, 6.45) is 0.653. The Morgan fingerprint density at radius 3 is 2.70 bits per heavy atom. The fourth-order valence-corrected chi connectivity index (χ4v) is 3.54. The summed E-state index contributed by atoms with van der Waals surface area (Å²) < 4.78 is 16.0. The Morgan fingerprint density at radius 1 is 1.17 bits per heavy atom. The highest BCUT2D eigenvalue weighted by atomic mass is 127. The molecule has 30 heavy (non-hydrogen) atoms. The molecule has 0 bridgehead atoms. The van der Waals surface area contributed by atoms with Gasteiger partial charge in [-0.15, -0.1) is 24.0 Å². The van der Waals surface area contributed by atoms with E-state index >= 15 is 0 Å². The third-order valence-electron chi connectivity index (χ3n) is 5.01. The van der Waals surface area contributed by atoms with Crippen molar-refractivity contribution in [3.8, 4) is 11.5 Å². The molecular weight excluding hydrogens is 499 g/mol. The normalized spacial score (nSPS) is 16.5. The van der Waals surface area contributed by atoms with Crippen LogP contribution in [0.15, 0.2) is 27.7 Å². The van der Waals surface area contributed by atoms with Crippen molar-refractivity contribution in [1.29, 1.82) is 0 Å². The van der Waals surface area contributed by atoms with Crippen LogP contribution in [-0.4, -0.2) is 72.0 Å². The van der Waals surface area contributed by atoms with Crippen LogP contribution in [-0.2, 0) is 13.0 Å². The number of halogens is 1. The molecule has 0 unspecified atom stereocenters. The van der Waals surface area contributed by atoms with E-state index < -0.39 is 0 Å². The molecule has 2 aromatic rings. The van der Waals surface area contributed by atoms with E-state index in [2.05, 4.69) is 44.3 Å². The summed E-state index contributed by atoms with van der Waals surface area (Å²) in [5.41, 5.74) is 1.25. The number of hydrogen-bond acceptors (Lipinski definition) is 7. The Labute approximate surface area is 193 Å². The smallest absolute Gasteiger partial charge is 0.231 e. The van der Waals surface area contributed by atoms with Crippen molar-refractivity contribution in [3.63, 3.8) is 0 Å². The second kappa shape index (κ2) is 10.8. The number of piperazine rings is 1. The fraction of sp³-hybridized carbons (Fsp3) is 0.550. The van der Waals surface area contributed by atoms with Gasteiger partial charge >= 0.3 is 0 Å². The van der Waals surface area contributed by atoms with Gasteiger partial charge in [-0.3, -0.25) is 9.89 Å². The number of aryl methyl sites for hydroxylation is 1. The summed E-state index contributed by atoms with van der Waals surface area (Å²) in [4.78, 5) is 13.8. The van der Waals surface area contributed by atoms with Gasteiger partial charge in [0.15, 0.2) is 23.3 Å². The molecule has 0 amide bonds. The van der Waals surface area contributed by atoms with Gasteiger partial charge in [-0.1, -0.05) is 11.2 Å². The second-order valence-electron chi connectivity index (χ2n) is 7.17. The first kappa shape index (κ1) is 22.6. The van der Waals surface area contributed by atoms with E-state index in [0.717, 1.165) is 56.7 Å². The summed E-state index contributed by atoms with van der Waals surface area (Å²) in [7, 11) is 0. The van der Waals surface area contributed by atoms with Crippen LogP contribution >= 0.6 is 24.0 Å². The lowest BCUT2D eigenvalue weighted by atomic mass is 10.1. The lowest BCUT2D eigenvalue weighted by Crippen LogP contribution is -2.52. The first-order valence-electron chi connectivity index (χ1n) is 10.1. The lowest BCUT2D eigenvalue weighted by molar-refractivity contribution is 0.171. The maximum absolute atomic E-state index is 5.49. The molecule has 1 aromatic heterocycles. The maximum atomic E-state index is 5.49. The van der Waals surface area contributed by atoms with Gasteiger partial charge in [0, 0.05) is 45.7 Å². The van der Waals surface area contributed by atoms with Crippen molar-refractivity contribution in [2.75, 3.05) is 46.1 Å². The van der Waals surface area contributed by atoms with Gasteiger partial charge in [0.05, 0.1) is 6.54 Å². The van der Waals surface area contributed by atoms with E-state index in [1.54, 1.807) is 0 Å². The van der Waals surface area contributed by atoms with Crippen LogP contribution in [0.3, 0.4) is 0 Å². The standard InChI is InChI=1S/C20H28N6O3.HI/c1-3-21-20(22-7-6-19-23-15(2)24-29-19)26-10-8-25(9-11-26)13-16-4-5-17-18(12-16)28-14-27-17;/h4-5,12H,3,6-11,13-14H2,1-2H3,(H,21,22);1H. The van der Waals surface area contributed by atoms with E-state index in [1.807, 2.05) is 13.0 Å².